The lowest BCUT2D eigenvalue weighted by Gasteiger charge is -2.12. The first-order chi connectivity index (χ1) is 13.5. The van der Waals surface area contributed by atoms with Crippen LogP contribution < -0.4 is 15.4 Å². The minimum absolute atomic E-state index is 0.0500. The molecule has 0 saturated carbocycles. The molecule has 0 aliphatic heterocycles. The highest BCUT2D eigenvalue weighted by atomic mass is 16.5. The molecule has 2 amide bonds. The summed E-state index contributed by atoms with van der Waals surface area (Å²) in [6, 6.07) is 15.8. The van der Waals surface area contributed by atoms with E-state index in [0.29, 0.717) is 17.7 Å². The van der Waals surface area contributed by atoms with E-state index in [-0.39, 0.29) is 18.7 Å². The summed E-state index contributed by atoms with van der Waals surface area (Å²) in [6.07, 6.45) is 1.80. The van der Waals surface area contributed by atoms with E-state index in [1.165, 1.54) is 7.11 Å². The Morgan fingerprint density at radius 1 is 1.04 bits per heavy atom. The summed E-state index contributed by atoms with van der Waals surface area (Å²) in [7, 11) is 1.46. The number of rotatable bonds is 9. The van der Waals surface area contributed by atoms with Gasteiger partial charge < -0.3 is 20.5 Å². The number of methoxy groups -OCH3 is 1. The Morgan fingerprint density at radius 2 is 1.71 bits per heavy atom. The Morgan fingerprint density at radius 3 is 2.39 bits per heavy atom. The fourth-order valence-electron chi connectivity index (χ4n) is 2.43. The fourth-order valence-corrected chi connectivity index (χ4v) is 2.43. The van der Waals surface area contributed by atoms with E-state index in [2.05, 4.69) is 10.6 Å². The van der Waals surface area contributed by atoms with E-state index in [4.69, 9.17) is 9.84 Å². The van der Waals surface area contributed by atoms with Crippen LogP contribution in [0.25, 0.3) is 6.08 Å². The van der Waals surface area contributed by atoms with E-state index in [1.807, 2.05) is 18.2 Å². The SMILES string of the molecule is COc1ccccc1C(=O)NC(=Cc1ccccc1)C(=O)NCCCC(=O)O. The molecule has 3 N–H and O–H groups in total. The molecular weight excluding hydrogens is 360 g/mol. The molecule has 0 fully saturated rings. The van der Waals surface area contributed by atoms with Crippen molar-refractivity contribution in [1.82, 2.24) is 10.6 Å². The molecule has 2 aromatic rings. The second kappa shape index (κ2) is 10.5. The van der Waals surface area contributed by atoms with Crippen molar-refractivity contribution in [1.29, 1.82) is 0 Å². The molecule has 0 saturated heterocycles. The van der Waals surface area contributed by atoms with E-state index >= 15 is 0 Å². The molecule has 0 unspecified atom stereocenters. The average molecular weight is 382 g/mol. The van der Waals surface area contributed by atoms with Gasteiger partial charge in [0.25, 0.3) is 11.8 Å². The summed E-state index contributed by atoms with van der Waals surface area (Å²) >= 11 is 0. The molecule has 2 aromatic carbocycles. The molecular formula is C21H22N2O5. The number of carbonyl (C=O) groups excluding carboxylic acids is 2. The molecule has 0 heterocycles. The highest BCUT2D eigenvalue weighted by molar-refractivity contribution is 6.06. The third kappa shape index (κ3) is 6.28. The molecule has 0 radical (unpaired) electrons. The zero-order valence-electron chi connectivity index (χ0n) is 15.5. The van der Waals surface area contributed by atoms with E-state index in [1.54, 1.807) is 42.5 Å². The van der Waals surface area contributed by atoms with E-state index in [0.717, 1.165) is 5.56 Å². The molecule has 146 valence electrons. The van der Waals surface area contributed by atoms with Gasteiger partial charge in [0.15, 0.2) is 0 Å². The van der Waals surface area contributed by atoms with Crippen molar-refractivity contribution >= 4 is 23.9 Å². The summed E-state index contributed by atoms with van der Waals surface area (Å²) in [4.78, 5) is 35.8. The second-order valence-electron chi connectivity index (χ2n) is 5.88. The first-order valence-electron chi connectivity index (χ1n) is 8.72. The Hall–Kier alpha value is -3.61. The van der Waals surface area contributed by atoms with Gasteiger partial charge in [0.2, 0.25) is 0 Å². The summed E-state index contributed by atoms with van der Waals surface area (Å²) in [5.41, 5.74) is 1.08. The van der Waals surface area contributed by atoms with Crippen molar-refractivity contribution in [3.63, 3.8) is 0 Å². The van der Waals surface area contributed by atoms with Gasteiger partial charge in [-0.3, -0.25) is 14.4 Å². The number of carboxylic acid groups (broad SMARTS) is 1. The van der Waals surface area contributed by atoms with Gasteiger partial charge in [0.1, 0.15) is 11.4 Å². The van der Waals surface area contributed by atoms with Crippen LogP contribution >= 0.6 is 0 Å². The number of ether oxygens (including phenoxy) is 1. The quantitative estimate of drug-likeness (QED) is 0.456. The van der Waals surface area contributed by atoms with Crippen molar-refractivity contribution < 1.29 is 24.2 Å². The third-order valence-corrected chi connectivity index (χ3v) is 3.81. The molecule has 0 bridgehead atoms. The normalized spacial score (nSPS) is 10.8. The predicted molar refractivity (Wildman–Crippen MR) is 105 cm³/mol. The number of carboxylic acids is 1. The maximum Gasteiger partial charge on any atom is 0.303 e. The van der Waals surface area contributed by atoms with Gasteiger partial charge in [-0.05, 0) is 30.2 Å². The van der Waals surface area contributed by atoms with Gasteiger partial charge in [-0.25, -0.2) is 0 Å². The molecule has 2 rings (SSSR count). The Bertz CT molecular complexity index is 862. The first-order valence-corrected chi connectivity index (χ1v) is 8.72. The summed E-state index contributed by atoms with van der Waals surface area (Å²) in [5, 5.41) is 13.9. The maximum absolute atomic E-state index is 12.7. The number of nitrogens with one attached hydrogen (secondary N) is 2. The average Bonchev–Trinajstić information content (AvgIpc) is 2.71. The zero-order valence-corrected chi connectivity index (χ0v) is 15.5. The largest absolute Gasteiger partial charge is 0.496 e. The zero-order chi connectivity index (χ0) is 20.4. The number of amides is 2. The number of hydrogen-bond donors (Lipinski definition) is 3. The van der Waals surface area contributed by atoms with Crippen molar-refractivity contribution in [3.8, 4) is 5.75 Å². The Balaban J connectivity index is 2.18. The highest BCUT2D eigenvalue weighted by Crippen LogP contribution is 2.17. The first kappa shape index (κ1) is 20.7. The Kier molecular flexibility index (Phi) is 7.77. The summed E-state index contributed by atoms with van der Waals surface area (Å²) in [5.74, 6) is -1.53. The number of benzene rings is 2. The van der Waals surface area contributed by atoms with E-state index in [9.17, 15) is 14.4 Å². The minimum atomic E-state index is -0.932. The molecule has 28 heavy (non-hydrogen) atoms. The van der Waals surface area contributed by atoms with Crippen molar-refractivity contribution in [2.24, 2.45) is 0 Å². The predicted octanol–water partition coefficient (Wildman–Crippen LogP) is 2.45. The van der Waals surface area contributed by atoms with Crippen molar-refractivity contribution in [3.05, 3.63) is 71.4 Å². The summed E-state index contributed by atoms with van der Waals surface area (Å²) in [6.45, 7) is 0.182. The van der Waals surface area contributed by atoms with Gasteiger partial charge in [-0.1, -0.05) is 42.5 Å². The molecule has 0 spiro atoms. The van der Waals surface area contributed by atoms with Crippen LogP contribution in [0.4, 0.5) is 0 Å². The number of aliphatic carboxylic acids is 1. The lowest BCUT2D eigenvalue weighted by atomic mass is 10.1. The molecule has 0 aromatic heterocycles. The van der Waals surface area contributed by atoms with Crippen molar-refractivity contribution in [2.75, 3.05) is 13.7 Å². The molecule has 7 heteroatoms. The van der Waals surface area contributed by atoms with Crippen LogP contribution in [-0.4, -0.2) is 36.5 Å². The lowest BCUT2D eigenvalue weighted by molar-refractivity contribution is -0.137. The minimum Gasteiger partial charge on any atom is -0.496 e. The number of hydrogen-bond acceptors (Lipinski definition) is 4. The van der Waals surface area contributed by atoms with Crippen LogP contribution in [0.15, 0.2) is 60.3 Å². The van der Waals surface area contributed by atoms with Crippen LogP contribution in [-0.2, 0) is 9.59 Å². The Labute approximate surface area is 163 Å². The van der Waals surface area contributed by atoms with Gasteiger partial charge >= 0.3 is 5.97 Å². The lowest BCUT2D eigenvalue weighted by Crippen LogP contribution is -2.35. The maximum atomic E-state index is 12.7. The summed E-state index contributed by atoms with van der Waals surface area (Å²) < 4.78 is 5.19. The van der Waals surface area contributed by atoms with Gasteiger partial charge in [0.05, 0.1) is 12.7 Å². The highest BCUT2D eigenvalue weighted by Gasteiger charge is 2.17. The molecule has 0 aliphatic carbocycles. The molecule has 0 atom stereocenters. The fraction of sp³-hybridized carbons (Fsp3) is 0.190. The number of para-hydroxylation sites is 1. The van der Waals surface area contributed by atoms with Crippen LogP contribution in [0.2, 0.25) is 0 Å². The number of carbonyl (C=O) groups is 3. The molecule has 0 aliphatic rings. The smallest absolute Gasteiger partial charge is 0.303 e. The standard InChI is InChI=1S/C21H22N2O5/c1-28-18-11-6-5-10-16(18)20(26)23-17(14-15-8-3-2-4-9-15)21(27)22-13-7-12-19(24)25/h2-6,8-11,14H,7,12-13H2,1H3,(H,22,27)(H,23,26)(H,24,25). The van der Waals surface area contributed by atoms with Crippen LogP contribution in [0, 0.1) is 0 Å². The van der Waals surface area contributed by atoms with Crippen LogP contribution in [0.3, 0.4) is 0 Å². The van der Waals surface area contributed by atoms with Gasteiger partial charge in [0, 0.05) is 13.0 Å². The van der Waals surface area contributed by atoms with Gasteiger partial charge in [-0.2, -0.15) is 0 Å². The van der Waals surface area contributed by atoms with E-state index < -0.39 is 17.8 Å². The molecule has 7 nitrogen and oxygen atoms in total. The van der Waals surface area contributed by atoms with Crippen molar-refractivity contribution in [2.45, 2.75) is 12.8 Å². The topological polar surface area (TPSA) is 105 Å². The monoisotopic (exact) mass is 382 g/mol. The van der Waals surface area contributed by atoms with Crippen LogP contribution in [0.5, 0.6) is 5.75 Å². The second-order valence-corrected chi connectivity index (χ2v) is 5.88. The third-order valence-electron chi connectivity index (χ3n) is 3.81. The van der Waals surface area contributed by atoms with Gasteiger partial charge in [-0.15, -0.1) is 0 Å². The van der Waals surface area contributed by atoms with Crippen LogP contribution in [0.1, 0.15) is 28.8 Å².